The van der Waals surface area contributed by atoms with Gasteiger partial charge in [0.15, 0.2) is 0 Å². The molecule has 0 radical (unpaired) electrons. The highest BCUT2D eigenvalue weighted by molar-refractivity contribution is 5.87. The number of hydrogen-bond acceptors (Lipinski definition) is 3. The molecule has 0 saturated carbocycles. The molecule has 4 heteroatoms. The highest BCUT2D eigenvalue weighted by atomic mass is 16.5. The molecule has 3 aromatic carbocycles. The number of ether oxygens (including phenoxy) is 1. The second kappa shape index (κ2) is 11.2. The largest absolute Gasteiger partial charge is 0.478 e. The fourth-order valence-electron chi connectivity index (χ4n) is 4.78. The number of rotatable bonds is 6. The van der Waals surface area contributed by atoms with Crippen molar-refractivity contribution in [3.05, 3.63) is 112 Å². The van der Waals surface area contributed by atoms with Crippen molar-refractivity contribution in [3.8, 4) is 0 Å². The fraction of sp³-hybridized carbons (Fsp3) is 0.290. The van der Waals surface area contributed by atoms with Crippen LogP contribution in [0.2, 0.25) is 0 Å². The van der Waals surface area contributed by atoms with Crippen LogP contribution in [0.1, 0.15) is 64.5 Å². The molecule has 0 fully saturated rings. The molecule has 4 nitrogen and oxygen atoms in total. The molecule has 0 bridgehead atoms. The lowest BCUT2D eigenvalue weighted by atomic mass is 9.94. The zero-order valence-electron chi connectivity index (χ0n) is 20.3. The number of carbonyl (C=O) groups is 2. The van der Waals surface area contributed by atoms with Crippen LogP contribution in [0.15, 0.2) is 78.9 Å². The lowest BCUT2D eigenvalue weighted by Gasteiger charge is -2.22. The van der Waals surface area contributed by atoms with E-state index in [9.17, 15) is 9.59 Å². The number of esters is 1. The maximum atomic E-state index is 12.2. The van der Waals surface area contributed by atoms with Gasteiger partial charge in [-0.05, 0) is 65.1 Å². The van der Waals surface area contributed by atoms with E-state index in [4.69, 9.17) is 9.84 Å². The summed E-state index contributed by atoms with van der Waals surface area (Å²) in [6, 6.07) is 23.6. The van der Waals surface area contributed by atoms with Gasteiger partial charge in [0.05, 0.1) is 5.56 Å². The second-order valence-electron chi connectivity index (χ2n) is 9.68. The van der Waals surface area contributed by atoms with Gasteiger partial charge in [0, 0.05) is 12.3 Å². The Kier molecular flexibility index (Phi) is 7.81. The summed E-state index contributed by atoms with van der Waals surface area (Å²) < 4.78 is 5.86. The molecular formula is C31H32O4. The molecule has 0 unspecified atom stereocenters. The maximum Gasteiger partial charge on any atom is 0.335 e. The number of hydrogen-bond donors (Lipinski definition) is 1. The van der Waals surface area contributed by atoms with E-state index in [-0.39, 0.29) is 29.5 Å². The Labute approximate surface area is 207 Å². The van der Waals surface area contributed by atoms with Gasteiger partial charge >= 0.3 is 11.9 Å². The summed E-state index contributed by atoms with van der Waals surface area (Å²) in [5.74, 6) is -0.654. The summed E-state index contributed by atoms with van der Waals surface area (Å²) >= 11 is 0. The summed E-state index contributed by atoms with van der Waals surface area (Å²) in [5.41, 5.74) is 6.50. The smallest absolute Gasteiger partial charge is 0.335 e. The van der Waals surface area contributed by atoms with Crippen molar-refractivity contribution in [1.82, 2.24) is 0 Å². The zero-order valence-corrected chi connectivity index (χ0v) is 20.3. The molecule has 0 amide bonds. The molecular weight excluding hydrogens is 436 g/mol. The maximum absolute atomic E-state index is 12.2. The van der Waals surface area contributed by atoms with Crippen LogP contribution in [0, 0.1) is 11.8 Å². The Morgan fingerprint density at radius 3 is 2.31 bits per heavy atom. The summed E-state index contributed by atoms with van der Waals surface area (Å²) in [6.07, 6.45) is 7.27. The van der Waals surface area contributed by atoms with E-state index in [1.807, 2.05) is 44.2 Å². The molecule has 2 aliphatic carbocycles. The standard InChI is InChI=1S/C22H24O4.C9H8/c1-14(2)11-20(23)26-21-18(13-17-5-3-4-6-19(17)21)12-15-7-9-16(10-8-15)22(24)25;1-2-5-9-7-3-6-8(9)4-1/h3-10,14,18,21H,11-13H2,1-2H3,(H,24,25);1-6H,7H2/t18-,21-;/m1./s1. The quantitative estimate of drug-likeness (QED) is 0.410. The molecule has 0 spiro atoms. The summed E-state index contributed by atoms with van der Waals surface area (Å²) in [4.78, 5) is 23.3. The molecule has 2 aliphatic rings. The summed E-state index contributed by atoms with van der Waals surface area (Å²) in [7, 11) is 0. The Morgan fingerprint density at radius 2 is 1.63 bits per heavy atom. The van der Waals surface area contributed by atoms with E-state index < -0.39 is 5.97 Å². The van der Waals surface area contributed by atoms with E-state index in [1.165, 1.54) is 16.7 Å². The van der Waals surface area contributed by atoms with Crippen LogP contribution in [0.5, 0.6) is 0 Å². The predicted molar refractivity (Wildman–Crippen MR) is 138 cm³/mol. The minimum Gasteiger partial charge on any atom is -0.478 e. The van der Waals surface area contributed by atoms with Crippen LogP contribution in [-0.4, -0.2) is 17.0 Å². The Hall–Kier alpha value is -3.66. The molecule has 180 valence electrons. The van der Waals surface area contributed by atoms with Crippen LogP contribution in [0.25, 0.3) is 6.08 Å². The van der Waals surface area contributed by atoms with E-state index >= 15 is 0 Å². The third-order valence-electron chi connectivity index (χ3n) is 6.49. The molecule has 0 saturated heterocycles. The molecule has 0 aromatic heterocycles. The SMILES string of the molecule is C1=Cc2ccccc2C1.CC(C)CC(=O)O[C@H]1c2ccccc2C[C@H]1Cc1ccc(C(=O)O)cc1. The first-order chi connectivity index (χ1) is 16.9. The first-order valence-corrected chi connectivity index (χ1v) is 12.2. The number of allylic oxidation sites excluding steroid dienone is 1. The minimum atomic E-state index is -0.926. The van der Waals surface area contributed by atoms with Crippen molar-refractivity contribution in [2.75, 3.05) is 0 Å². The van der Waals surface area contributed by atoms with Crippen molar-refractivity contribution >= 4 is 18.0 Å². The molecule has 3 aromatic rings. The van der Waals surface area contributed by atoms with Crippen molar-refractivity contribution in [2.45, 2.75) is 45.6 Å². The van der Waals surface area contributed by atoms with E-state index in [0.717, 1.165) is 30.4 Å². The first kappa shape index (κ1) is 24.5. The lowest BCUT2D eigenvalue weighted by molar-refractivity contribution is -0.152. The topological polar surface area (TPSA) is 63.6 Å². The number of aromatic carboxylic acids is 1. The minimum absolute atomic E-state index is 0.159. The molecule has 35 heavy (non-hydrogen) atoms. The number of benzene rings is 3. The van der Waals surface area contributed by atoms with E-state index in [0.29, 0.717) is 6.42 Å². The summed E-state index contributed by atoms with van der Waals surface area (Å²) in [5, 5.41) is 9.03. The van der Waals surface area contributed by atoms with Crippen LogP contribution < -0.4 is 0 Å². The van der Waals surface area contributed by atoms with Crippen molar-refractivity contribution in [2.24, 2.45) is 11.8 Å². The normalized spacial score (nSPS) is 17.3. The van der Waals surface area contributed by atoms with Gasteiger partial charge in [-0.3, -0.25) is 4.79 Å². The van der Waals surface area contributed by atoms with Gasteiger partial charge in [0.2, 0.25) is 0 Å². The number of carboxylic acid groups (broad SMARTS) is 1. The number of carbonyl (C=O) groups excluding carboxylic acids is 1. The highest BCUT2D eigenvalue weighted by Crippen LogP contribution is 2.40. The zero-order chi connectivity index (χ0) is 24.8. The van der Waals surface area contributed by atoms with Crippen molar-refractivity contribution < 1.29 is 19.4 Å². The Bertz CT molecular complexity index is 1210. The van der Waals surface area contributed by atoms with Gasteiger partial charge in [-0.1, -0.05) is 86.7 Å². The summed E-state index contributed by atoms with van der Waals surface area (Å²) in [6.45, 7) is 4.01. The molecule has 2 atom stereocenters. The Morgan fingerprint density at radius 1 is 0.943 bits per heavy atom. The van der Waals surface area contributed by atoms with Gasteiger partial charge in [-0.25, -0.2) is 4.79 Å². The van der Waals surface area contributed by atoms with Gasteiger partial charge in [0.1, 0.15) is 6.10 Å². The van der Waals surface area contributed by atoms with Crippen LogP contribution in [0.3, 0.4) is 0 Å². The molecule has 1 N–H and O–H groups in total. The van der Waals surface area contributed by atoms with Gasteiger partial charge < -0.3 is 9.84 Å². The van der Waals surface area contributed by atoms with Crippen LogP contribution >= 0.6 is 0 Å². The lowest BCUT2D eigenvalue weighted by Crippen LogP contribution is -2.19. The number of fused-ring (bicyclic) bond motifs is 2. The molecule has 5 rings (SSSR count). The van der Waals surface area contributed by atoms with Crippen LogP contribution in [0.4, 0.5) is 0 Å². The average molecular weight is 469 g/mol. The first-order valence-electron chi connectivity index (χ1n) is 12.2. The van der Waals surface area contributed by atoms with Crippen molar-refractivity contribution in [3.63, 3.8) is 0 Å². The van der Waals surface area contributed by atoms with Crippen LogP contribution in [-0.2, 0) is 28.8 Å². The van der Waals surface area contributed by atoms with Crippen molar-refractivity contribution in [1.29, 1.82) is 0 Å². The second-order valence-corrected chi connectivity index (χ2v) is 9.68. The monoisotopic (exact) mass is 468 g/mol. The highest BCUT2D eigenvalue weighted by Gasteiger charge is 2.35. The Balaban J connectivity index is 0.000000266. The van der Waals surface area contributed by atoms with Gasteiger partial charge in [-0.15, -0.1) is 0 Å². The van der Waals surface area contributed by atoms with E-state index in [1.54, 1.807) is 12.1 Å². The number of carboxylic acids is 1. The fourth-order valence-corrected chi connectivity index (χ4v) is 4.78. The average Bonchev–Trinajstić information content (AvgIpc) is 3.44. The van der Waals surface area contributed by atoms with E-state index in [2.05, 4.69) is 42.5 Å². The molecule has 0 aliphatic heterocycles. The third-order valence-corrected chi connectivity index (χ3v) is 6.49. The predicted octanol–water partition coefficient (Wildman–Crippen LogP) is 6.69. The van der Waals surface area contributed by atoms with Gasteiger partial charge in [-0.2, -0.15) is 0 Å². The third kappa shape index (κ3) is 6.27. The van der Waals surface area contributed by atoms with Gasteiger partial charge in [0.25, 0.3) is 0 Å². The molecule has 0 heterocycles.